The molecule has 0 spiro atoms. The van der Waals surface area contributed by atoms with Crippen LogP contribution in [0.3, 0.4) is 0 Å². The lowest BCUT2D eigenvalue weighted by atomic mass is 9.46. The van der Waals surface area contributed by atoms with Gasteiger partial charge in [0.1, 0.15) is 11.6 Å². The van der Waals surface area contributed by atoms with Crippen LogP contribution in [0.1, 0.15) is 7.43 Å². The maximum absolute atomic E-state index is 4.71. The van der Waals surface area contributed by atoms with Gasteiger partial charge in [-0.1, -0.05) is 206 Å². The predicted molar refractivity (Wildman–Crippen MR) is 331 cm³/mol. The fourth-order valence-electron chi connectivity index (χ4n) is 11.4. The summed E-state index contributed by atoms with van der Waals surface area (Å²) < 4.78 is 0. The van der Waals surface area contributed by atoms with E-state index in [0.29, 0.717) is 0 Å². The van der Waals surface area contributed by atoms with Gasteiger partial charge in [0.15, 0.2) is 0 Å². The molecule has 8 nitrogen and oxygen atoms in total. The largest absolute Gasteiger partial charge is 0.376 e. The molecular formula is C68H53B3N8. The van der Waals surface area contributed by atoms with Crippen LogP contribution >= 0.6 is 0 Å². The van der Waals surface area contributed by atoms with Crippen LogP contribution in [0.5, 0.6) is 0 Å². The fraction of sp³-hybridized carbons (Fsp3) is 0.0147. The molecule has 12 aromatic rings. The van der Waals surface area contributed by atoms with Gasteiger partial charge in [-0.15, -0.1) is 0 Å². The molecule has 0 saturated carbocycles. The molecule has 3 aliphatic heterocycles. The average Bonchev–Trinajstić information content (AvgIpc) is 3.70. The molecule has 3 aliphatic rings. The van der Waals surface area contributed by atoms with Gasteiger partial charge in [0.25, 0.3) is 0 Å². The third-order valence-electron chi connectivity index (χ3n) is 14.7. The van der Waals surface area contributed by atoms with Crippen LogP contribution in [0.2, 0.25) is 0 Å². The summed E-state index contributed by atoms with van der Waals surface area (Å²) in [7, 11) is 0. The first kappa shape index (κ1) is 49.7. The minimum absolute atomic E-state index is 0. The van der Waals surface area contributed by atoms with E-state index in [2.05, 4.69) is 253 Å². The highest BCUT2D eigenvalue weighted by Crippen LogP contribution is 2.41. The van der Waals surface area contributed by atoms with Gasteiger partial charge in [-0.25, -0.2) is 9.97 Å². The van der Waals surface area contributed by atoms with Crippen molar-refractivity contribution in [1.82, 2.24) is 24.9 Å². The first-order chi connectivity index (χ1) is 38.8. The van der Waals surface area contributed by atoms with Crippen molar-refractivity contribution in [1.29, 1.82) is 0 Å². The summed E-state index contributed by atoms with van der Waals surface area (Å²) in [5.74, 6) is 1.78. The van der Waals surface area contributed by atoms with Gasteiger partial charge in [-0.3, -0.25) is 15.0 Å². The Morgan fingerprint density at radius 2 is 0.696 bits per heavy atom. The maximum atomic E-state index is 4.71. The fourth-order valence-corrected chi connectivity index (χ4v) is 11.4. The highest BCUT2D eigenvalue weighted by Gasteiger charge is 2.40. The molecule has 0 amide bonds. The molecule has 0 fully saturated rings. The van der Waals surface area contributed by atoms with E-state index in [1.54, 1.807) is 0 Å². The van der Waals surface area contributed by atoms with Gasteiger partial charge in [-0.05, 0) is 94.2 Å². The van der Waals surface area contributed by atoms with Crippen molar-refractivity contribution in [2.24, 2.45) is 0 Å². The molecule has 8 heterocycles. The number of benzene rings is 7. The molecule has 0 N–H and O–H groups in total. The van der Waals surface area contributed by atoms with Crippen molar-refractivity contribution in [3.8, 4) is 33.4 Å². The molecule has 0 unspecified atom stereocenters. The second-order valence-electron chi connectivity index (χ2n) is 19.2. The van der Waals surface area contributed by atoms with Crippen LogP contribution in [-0.4, -0.2) is 45.5 Å². The number of nitrogens with zero attached hydrogens (tertiary/aromatic N) is 8. The summed E-state index contributed by atoms with van der Waals surface area (Å²) in [6, 6.07) is 86.8. The Kier molecular flexibility index (Phi) is 14.2. The third kappa shape index (κ3) is 9.53. The Balaban J connectivity index is 0.000000118. The summed E-state index contributed by atoms with van der Waals surface area (Å²) >= 11 is 0. The standard InChI is InChI=1S/2C23H17BN2.C21H15BN4.CH4/c1-3-9-18(10-4-1)24-22-14-8-7-13-20(22)21-17-25-16-15-23(21)26(24)19-11-5-2-6-12-19;1-3-9-18(10-4-1)24-22-14-8-7-13-20(22)21-15-16-25-17-23(21)26(24)19-11-5-2-6-12-19;1-2-7-16(8-3-1)22-19-11-14-23-15-18(19)17-9-6-13-25-21(17)26(22)20-10-4-5-12-24-20;/h2*1-17H;1-15H;1H4. The van der Waals surface area contributed by atoms with Crippen molar-refractivity contribution >= 4 is 87.7 Å². The van der Waals surface area contributed by atoms with Gasteiger partial charge in [0, 0.05) is 88.9 Å². The number of hydrogen-bond donors (Lipinski definition) is 0. The molecule has 7 aromatic carbocycles. The third-order valence-corrected chi connectivity index (χ3v) is 14.7. The van der Waals surface area contributed by atoms with E-state index >= 15 is 0 Å². The molecule has 0 radical (unpaired) electrons. The Morgan fingerprint density at radius 3 is 1.28 bits per heavy atom. The van der Waals surface area contributed by atoms with E-state index in [9.17, 15) is 0 Å². The van der Waals surface area contributed by atoms with E-state index in [1.807, 2.05) is 79.9 Å². The molecule has 11 heteroatoms. The number of hydrogen-bond acceptors (Lipinski definition) is 8. The lowest BCUT2D eigenvalue weighted by molar-refractivity contribution is 1.16. The summed E-state index contributed by atoms with van der Waals surface area (Å²) in [5.41, 5.74) is 19.4. The molecule has 0 aliphatic carbocycles. The van der Waals surface area contributed by atoms with E-state index in [1.165, 1.54) is 72.1 Å². The highest BCUT2D eigenvalue weighted by atomic mass is 15.2. The molecular weight excluding hydrogens is 961 g/mol. The Labute approximate surface area is 463 Å². The van der Waals surface area contributed by atoms with Crippen LogP contribution in [0.15, 0.2) is 298 Å². The summed E-state index contributed by atoms with van der Waals surface area (Å²) in [6.07, 6.45) is 15.2. The minimum atomic E-state index is -0.00787. The van der Waals surface area contributed by atoms with Gasteiger partial charge < -0.3 is 14.4 Å². The summed E-state index contributed by atoms with van der Waals surface area (Å²) in [4.78, 5) is 29.6. The van der Waals surface area contributed by atoms with Crippen molar-refractivity contribution in [2.45, 2.75) is 7.43 Å². The highest BCUT2D eigenvalue weighted by molar-refractivity contribution is 6.92. The zero-order chi connectivity index (χ0) is 52.0. The van der Waals surface area contributed by atoms with E-state index in [0.717, 1.165) is 28.5 Å². The lowest BCUT2D eigenvalue weighted by Gasteiger charge is -2.38. The molecule has 79 heavy (non-hydrogen) atoms. The number of rotatable bonds is 6. The SMILES string of the molecule is C.c1ccc(B2c3ccccc3-c3ccncc3N2c2ccccc2)cc1.c1ccc(B2c3ccccc3-c3cnccc3N2c2ccccc2)cc1.c1ccc(B2c3ccncc3-c3cccnc3N2c2ccccn2)cc1. The topological polar surface area (TPSA) is 74.2 Å². The van der Waals surface area contributed by atoms with E-state index in [-0.39, 0.29) is 28.0 Å². The molecule has 0 saturated heterocycles. The van der Waals surface area contributed by atoms with Crippen LogP contribution in [0.25, 0.3) is 33.4 Å². The van der Waals surface area contributed by atoms with Gasteiger partial charge in [0.05, 0.1) is 5.69 Å². The number of aromatic nitrogens is 5. The molecule has 0 atom stereocenters. The first-order valence-corrected chi connectivity index (χ1v) is 26.3. The van der Waals surface area contributed by atoms with Crippen LogP contribution < -0.4 is 47.2 Å². The second kappa shape index (κ2) is 22.6. The van der Waals surface area contributed by atoms with E-state index < -0.39 is 0 Å². The Morgan fingerprint density at radius 1 is 0.266 bits per heavy atom. The lowest BCUT2D eigenvalue weighted by Crippen LogP contribution is -2.57. The maximum Gasteiger partial charge on any atom is 0.331 e. The van der Waals surface area contributed by atoms with Crippen molar-refractivity contribution in [2.75, 3.05) is 14.4 Å². The summed E-state index contributed by atoms with van der Waals surface area (Å²) in [5, 5.41) is 0. The Hall–Kier alpha value is -10.1. The quantitative estimate of drug-likeness (QED) is 0.153. The van der Waals surface area contributed by atoms with Gasteiger partial charge in [0.2, 0.25) is 0 Å². The van der Waals surface area contributed by atoms with Crippen molar-refractivity contribution in [3.63, 3.8) is 0 Å². The monoisotopic (exact) mass is 1010 g/mol. The number of fused-ring (bicyclic) bond motifs is 9. The van der Waals surface area contributed by atoms with Gasteiger partial charge in [-0.2, -0.15) is 0 Å². The van der Waals surface area contributed by atoms with Gasteiger partial charge >= 0.3 is 20.5 Å². The molecule has 15 rings (SSSR count). The number of anilines is 6. The number of para-hydroxylation sites is 2. The van der Waals surface area contributed by atoms with Crippen LogP contribution in [0.4, 0.5) is 34.4 Å². The van der Waals surface area contributed by atoms with Crippen molar-refractivity contribution in [3.05, 3.63) is 298 Å². The van der Waals surface area contributed by atoms with Crippen molar-refractivity contribution < 1.29 is 0 Å². The smallest absolute Gasteiger partial charge is 0.331 e. The number of pyridine rings is 5. The zero-order valence-electron chi connectivity index (χ0n) is 42.6. The Bertz CT molecular complexity index is 3300. The van der Waals surface area contributed by atoms with Crippen LogP contribution in [-0.2, 0) is 0 Å². The molecule has 374 valence electrons. The zero-order valence-corrected chi connectivity index (χ0v) is 42.6. The van der Waals surface area contributed by atoms with Crippen LogP contribution in [0, 0.1) is 0 Å². The summed E-state index contributed by atoms with van der Waals surface area (Å²) in [6.45, 7) is 0.239. The second-order valence-corrected chi connectivity index (χ2v) is 19.2. The predicted octanol–water partition coefficient (Wildman–Crippen LogP) is 11.4. The first-order valence-electron chi connectivity index (χ1n) is 26.3. The minimum Gasteiger partial charge on any atom is -0.376 e. The molecule has 0 bridgehead atoms. The van der Waals surface area contributed by atoms with E-state index in [4.69, 9.17) is 4.98 Å². The average molecular weight is 1010 g/mol. The molecule has 5 aromatic heterocycles. The normalized spacial score (nSPS) is 12.3.